The highest BCUT2D eigenvalue weighted by atomic mass is 35.5. The Bertz CT molecular complexity index is 1130. The molecule has 2 heterocycles. The number of rotatable bonds is 4. The van der Waals surface area contributed by atoms with E-state index < -0.39 is 5.60 Å². The maximum absolute atomic E-state index is 12.4. The maximum Gasteiger partial charge on any atom is 0.410 e. The van der Waals surface area contributed by atoms with Crippen LogP contribution in [-0.4, -0.2) is 45.8 Å². The van der Waals surface area contributed by atoms with Crippen LogP contribution in [0.25, 0.3) is 22.5 Å². The molecule has 172 valence electrons. The van der Waals surface area contributed by atoms with E-state index in [2.05, 4.69) is 4.98 Å². The molecule has 4 rings (SSSR count). The normalized spacial score (nSPS) is 16.0. The molecule has 0 aliphatic carbocycles. The van der Waals surface area contributed by atoms with Gasteiger partial charge in [0.2, 0.25) is 5.88 Å². The van der Waals surface area contributed by atoms with Crippen molar-refractivity contribution in [1.29, 1.82) is 0 Å². The molecule has 1 saturated heterocycles. The van der Waals surface area contributed by atoms with Gasteiger partial charge in [0, 0.05) is 34.1 Å². The Kier molecular flexibility index (Phi) is 6.77. The van der Waals surface area contributed by atoms with Crippen LogP contribution in [0, 0.1) is 0 Å². The summed E-state index contributed by atoms with van der Waals surface area (Å²) in [5, 5.41) is 1.29. The van der Waals surface area contributed by atoms with Crippen molar-refractivity contribution in [2.45, 2.75) is 38.9 Å². The summed E-state index contributed by atoms with van der Waals surface area (Å²) in [5.74, 6) is 0.397. The fourth-order valence-corrected chi connectivity index (χ4v) is 3.80. The third-order valence-electron chi connectivity index (χ3n) is 5.07. The number of hydrogen-bond donors (Lipinski definition) is 0. The smallest absolute Gasteiger partial charge is 0.410 e. The number of carbonyl (C=O) groups is 1. The summed E-state index contributed by atoms with van der Waals surface area (Å²) in [5.41, 5.74) is 2.60. The van der Waals surface area contributed by atoms with Crippen molar-refractivity contribution in [1.82, 2.24) is 14.9 Å². The minimum Gasteiger partial charge on any atom is -0.471 e. The molecule has 3 aromatic rings. The summed E-state index contributed by atoms with van der Waals surface area (Å²) < 4.78 is 11.6. The first kappa shape index (κ1) is 23.3. The zero-order chi connectivity index (χ0) is 23.6. The first-order valence-corrected chi connectivity index (χ1v) is 11.5. The van der Waals surface area contributed by atoms with E-state index in [0.29, 0.717) is 46.8 Å². The Morgan fingerprint density at radius 1 is 0.970 bits per heavy atom. The van der Waals surface area contributed by atoms with Crippen molar-refractivity contribution in [2.24, 2.45) is 0 Å². The molecule has 0 bridgehead atoms. The lowest BCUT2D eigenvalue weighted by atomic mass is 10.0. The lowest BCUT2D eigenvalue weighted by Gasteiger charge is -2.24. The summed E-state index contributed by atoms with van der Waals surface area (Å²) in [6.07, 6.45) is 1.78. The molecule has 6 nitrogen and oxygen atoms in total. The van der Waals surface area contributed by atoms with Gasteiger partial charge in [-0.1, -0.05) is 47.5 Å². The molecule has 0 unspecified atom stereocenters. The number of benzene rings is 2. The van der Waals surface area contributed by atoms with Crippen molar-refractivity contribution in [2.75, 3.05) is 13.1 Å². The van der Waals surface area contributed by atoms with Gasteiger partial charge in [-0.3, -0.25) is 0 Å². The van der Waals surface area contributed by atoms with Gasteiger partial charge in [0.15, 0.2) is 0 Å². The topological polar surface area (TPSA) is 64.5 Å². The summed E-state index contributed by atoms with van der Waals surface area (Å²) in [4.78, 5) is 23.4. The predicted octanol–water partition coefficient (Wildman–Crippen LogP) is 6.51. The number of halogens is 2. The number of likely N-dealkylation sites (tertiary alicyclic amines) is 1. The average Bonchev–Trinajstić information content (AvgIpc) is 3.23. The van der Waals surface area contributed by atoms with E-state index in [4.69, 9.17) is 37.7 Å². The molecule has 8 heteroatoms. The van der Waals surface area contributed by atoms with Gasteiger partial charge in [-0.25, -0.2) is 14.8 Å². The second-order valence-corrected chi connectivity index (χ2v) is 9.75. The molecule has 1 aliphatic heterocycles. The van der Waals surface area contributed by atoms with Gasteiger partial charge < -0.3 is 14.4 Å². The summed E-state index contributed by atoms with van der Waals surface area (Å²) in [6.45, 7) is 6.56. The van der Waals surface area contributed by atoms with Gasteiger partial charge in [0.05, 0.1) is 18.4 Å². The molecule has 1 aliphatic rings. The fraction of sp³-hybridized carbons (Fsp3) is 0.320. The number of hydrogen-bond acceptors (Lipinski definition) is 5. The Hall–Kier alpha value is -2.83. The van der Waals surface area contributed by atoms with Crippen LogP contribution in [0.5, 0.6) is 5.88 Å². The zero-order valence-electron chi connectivity index (χ0n) is 18.7. The van der Waals surface area contributed by atoms with Gasteiger partial charge in [-0.15, -0.1) is 0 Å². The SMILES string of the molecule is CC(C)(C)OC(=O)N1CC[C@H](Oc2cnc(-c3ccc(Cl)cc3)c(-c3ccc(Cl)cc3)n2)C1. The molecule has 0 radical (unpaired) electrons. The van der Waals surface area contributed by atoms with Gasteiger partial charge >= 0.3 is 6.09 Å². The van der Waals surface area contributed by atoms with Crippen molar-refractivity contribution >= 4 is 29.3 Å². The fourth-order valence-electron chi connectivity index (χ4n) is 3.55. The second-order valence-electron chi connectivity index (χ2n) is 8.87. The third kappa shape index (κ3) is 5.95. The van der Waals surface area contributed by atoms with E-state index in [0.717, 1.165) is 11.1 Å². The first-order chi connectivity index (χ1) is 15.7. The molecular formula is C25H25Cl2N3O3. The predicted molar refractivity (Wildman–Crippen MR) is 130 cm³/mol. The van der Waals surface area contributed by atoms with Crippen LogP contribution in [0.15, 0.2) is 54.7 Å². The third-order valence-corrected chi connectivity index (χ3v) is 5.57. The monoisotopic (exact) mass is 485 g/mol. The standard InChI is InChI=1S/C25H25Cl2N3O3/c1-25(2,3)33-24(31)30-13-12-20(15-30)32-21-14-28-22(16-4-8-18(26)9-5-16)23(29-21)17-6-10-19(27)11-7-17/h4-11,14,20H,12-13,15H2,1-3H3/t20-/m0/s1. The van der Waals surface area contributed by atoms with Gasteiger partial charge in [0.1, 0.15) is 17.4 Å². The highest BCUT2D eigenvalue weighted by Gasteiger charge is 2.31. The van der Waals surface area contributed by atoms with Crippen molar-refractivity contribution in [3.63, 3.8) is 0 Å². The lowest BCUT2D eigenvalue weighted by molar-refractivity contribution is 0.0275. The van der Waals surface area contributed by atoms with E-state index in [1.165, 1.54) is 0 Å². The van der Waals surface area contributed by atoms with Gasteiger partial charge in [-0.2, -0.15) is 0 Å². The Labute approximate surface area is 203 Å². The minimum absolute atomic E-state index is 0.189. The molecule has 33 heavy (non-hydrogen) atoms. The molecule has 0 spiro atoms. The summed E-state index contributed by atoms with van der Waals surface area (Å²) in [6, 6.07) is 14.9. The molecule has 0 saturated carbocycles. The van der Waals surface area contributed by atoms with Crippen LogP contribution in [0.4, 0.5) is 4.79 Å². The first-order valence-electron chi connectivity index (χ1n) is 10.7. The van der Waals surface area contributed by atoms with E-state index in [-0.39, 0.29) is 12.2 Å². The van der Waals surface area contributed by atoms with Crippen LogP contribution in [0.3, 0.4) is 0 Å². The number of nitrogens with zero attached hydrogens (tertiary/aromatic N) is 3. The van der Waals surface area contributed by atoms with Crippen LogP contribution < -0.4 is 4.74 Å². The molecule has 1 atom stereocenters. The van der Waals surface area contributed by atoms with Crippen LogP contribution in [0.1, 0.15) is 27.2 Å². The lowest BCUT2D eigenvalue weighted by Crippen LogP contribution is -2.36. The largest absolute Gasteiger partial charge is 0.471 e. The number of amides is 1. The van der Waals surface area contributed by atoms with Gasteiger partial charge in [0.25, 0.3) is 0 Å². The van der Waals surface area contributed by atoms with Crippen LogP contribution in [0.2, 0.25) is 10.0 Å². The van der Waals surface area contributed by atoms with E-state index in [9.17, 15) is 4.79 Å². The number of ether oxygens (including phenoxy) is 2. The van der Waals surface area contributed by atoms with Crippen molar-refractivity contribution in [3.05, 3.63) is 64.8 Å². The molecule has 1 amide bonds. The average molecular weight is 486 g/mol. The molecule has 2 aromatic carbocycles. The van der Waals surface area contributed by atoms with Crippen LogP contribution in [-0.2, 0) is 4.74 Å². The Morgan fingerprint density at radius 3 is 2.12 bits per heavy atom. The summed E-state index contributed by atoms with van der Waals surface area (Å²) in [7, 11) is 0. The summed E-state index contributed by atoms with van der Waals surface area (Å²) >= 11 is 12.1. The quantitative estimate of drug-likeness (QED) is 0.421. The maximum atomic E-state index is 12.4. The highest BCUT2D eigenvalue weighted by Crippen LogP contribution is 2.32. The van der Waals surface area contributed by atoms with E-state index in [1.54, 1.807) is 11.1 Å². The van der Waals surface area contributed by atoms with E-state index in [1.807, 2.05) is 69.3 Å². The van der Waals surface area contributed by atoms with Crippen LogP contribution >= 0.6 is 23.2 Å². The van der Waals surface area contributed by atoms with E-state index >= 15 is 0 Å². The highest BCUT2D eigenvalue weighted by molar-refractivity contribution is 6.31. The molecular weight excluding hydrogens is 461 g/mol. The Balaban J connectivity index is 1.57. The molecule has 1 fully saturated rings. The number of aromatic nitrogens is 2. The zero-order valence-corrected chi connectivity index (χ0v) is 20.2. The Morgan fingerprint density at radius 2 is 1.55 bits per heavy atom. The minimum atomic E-state index is -0.535. The molecule has 0 N–H and O–H groups in total. The number of carbonyl (C=O) groups excluding carboxylic acids is 1. The van der Waals surface area contributed by atoms with Crippen molar-refractivity contribution in [3.8, 4) is 28.4 Å². The van der Waals surface area contributed by atoms with Gasteiger partial charge in [-0.05, 0) is 45.0 Å². The molecule has 1 aromatic heterocycles. The second kappa shape index (κ2) is 9.57. The van der Waals surface area contributed by atoms with Crippen molar-refractivity contribution < 1.29 is 14.3 Å².